The molecular weight excluding hydrogens is 853 g/mol. The average molecular weight is 923 g/mol. The molecule has 0 saturated carbocycles. The van der Waals surface area contributed by atoms with Gasteiger partial charge in [0.1, 0.15) is 23.0 Å². The van der Waals surface area contributed by atoms with Crippen molar-refractivity contribution in [3.8, 4) is 23.0 Å². The molecule has 4 N–H and O–H groups in total. The topological polar surface area (TPSA) is 166 Å². The molecule has 0 aromatic heterocycles. The normalized spacial score (nSPS) is 12.2. The molecule has 0 fully saturated rings. The van der Waals surface area contributed by atoms with Crippen molar-refractivity contribution < 1.29 is 38.1 Å². The highest BCUT2D eigenvalue weighted by Crippen LogP contribution is 2.39. The Kier molecular flexibility index (Phi) is 20.3. The van der Waals surface area contributed by atoms with Crippen LogP contribution in [0.1, 0.15) is 44.5 Å². The zero-order valence-electron chi connectivity index (χ0n) is 40.6. The number of carbonyl (C=O) groups excluding carboxylic acids is 4. The van der Waals surface area contributed by atoms with Crippen molar-refractivity contribution in [2.24, 2.45) is 0 Å². The number of amides is 4. The summed E-state index contributed by atoms with van der Waals surface area (Å²) in [5.41, 5.74) is 6.13. The Hall–Kier alpha value is -6.20. The molecule has 5 rings (SSSR count). The van der Waals surface area contributed by atoms with E-state index in [-0.39, 0.29) is 50.4 Å². The van der Waals surface area contributed by atoms with Gasteiger partial charge in [0, 0.05) is 78.0 Å². The van der Waals surface area contributed by atoms with E-state index in [1.165, 1.54) is 0 Å². The van der Waals surface area contributed by atoms with Crippen LogP contribution in [0.25, 0.3) is 0 Å². The smallest absolute Gasteiger partial charge is 0.412 e. The first-order valence-corrected chi connectivity index (χ1v) is 22.8. The van der Waals surface area contributed by atoms with Crippen molar-refractivity contribution in [2.45, 2.75) is 25.7 Å². The molecule has 1 aliphatic carbocycles. The molecule has 16 nitrogen and oxygen atoms in total. The van der Waals surface area contributed by atoms with Crippen molar-refractivity contribution >= 4 is 23.8 Å². The van der Waals surface area contributed by atoms with Crippen LogP contribution in [0.3, 0.4) is 0 Å². The van der Waals surface area contributed by atoms with Crippen molar-refractivity contribution in [3.63, 3.8) is 0 Å². The van der Waals surface area contributed by atoms with Crippen molar-refractivity contribution in [3.05, 3.63) is 117 Å². The Morgan fingerprint density at radius 1 is 0.388 bits per heavy atom. The third-order valence-electron chi connectivity index (χ3n) is 10.9. The fraction of sp³-hybridized carbons (Fsp3) is 0.451. The van der Waals surface area contributed by atoms with Gasteiger partial charge < -0.3 is 59.8 Å². The van der Waals surface area contributed by atoms with Gasteiger partial charge in [-0.05, 0) is 101 Å². The summed E-state index contributed by atoms with van der Waals surface area (Å²) in [4.78, 5) is 61.1. The fourth-order valence-corrected chi connectivity index (χ4v) is 7.51. The first kappa shape index (κ1) is 51.8. The highest BCUT2D eigenvalue weighted by molar-refractivity contribution is 5.79. The number of hydrogen-bond acceptors (Lipinski definition) is 12. The Balaban J connectivity index is 1.65. The zero-order valence-corrected chi connectivity index (χ0v) is 40.6. The van der Waals surface area contributed by atoms with Crippen LogP contribution in [0.15, 0.2) is 72.8 Å². The summed E-state index contributed by atoms with van der Waals surface area (Å²) in [7, 11) is 15.5. The van der Waals surface area contributed by atoms with Gasteiger partial charge in [-0.1, -0.05) is 72.8 Å². The highest BCUT2D eigenvalue weighted by atomic mass is 16.6. The number of nitrogens with zero attached hydrogens (tertiary/aromatic N) is 4. The van der Waals surface area contributed by atoms with Gasteiger partial charge in [-0.3, -0.25) is 14.4 Å². The highest BCUT2D eigenvalue weighted by Gasteiger charge is 2.24. The van der Waals surface area contributed by atoms with Crippen LogP contribution in [0, 0.1) is 0 Å². The Morgan fingerprint density at radius 3 is 0.881 bits per heavy atom. The van der Waals surface area contributed by atoms with Gasteiger partial charge in [-0.2, -0.15) is 0 Å². The molecule has 16 heteroatoms. The van der Waals surface area contributed by atoms with E-state index in [1.54, 1.807) is 0 Å². The van der Waals surface area contributed by atoms with Crippen molar-refractivity contribution in [2.75, 3.05) is 129 Å². The van der Waals surface area contributed by atoms with Gasteiger partial charge in [0.05, 0.1) is 0 Å². The van der Waals surface area contributed by atoms with Crippen LogP contribution in [-0.2, 0) is 40.1 Å². The predicted octanol–water partition coefficient (Wildman–Crippen LogP) is 3.18. The molecule has 4 amide bonds. The lowest BCUT2D eigenvalue weighted by molar-refractivity contribution is -0.123. The summed E-state index contributed by atoms with van der Waals surface area (Å²) in [5.74, 6) is 1.18. The molecule has 362 valence electrons. The minimum atomic E-state index is -0.596. The van der Waals surface area contributed by atoms with Crippen LogP contribution < -0.4 is 40.2 Å². The van der Waals surface area contributed by atoms with Crippen LogP contribution in [-0.4, -0.2) is 172 Å². The van der Waals surface area contributed by atoms with E-state index in [4.69, 9.17) is 18.9 Å². The second-order valence-corrected chi connectivity index (χ2v) is 17.8. The average Bonchev–Trinajstić information content (AvgIpc) is 3.26. The molecule has 4 aromatic rings. The van der Waals surface area contributed by atoms with Crippen LogP contribution in [0.2, 0.25) is 0 Å². The lowest BCUT2D eigenvalue weighted by Crippen LogP contribution is -2.34. The Bertz CT molecular complexity index is 2160. The molecule has 0 spiro atoms. The van der Waals surface area contributed by atoms with E-state index in [0.29, 0.717) is 88.2 Å². The zero-order chi connectivity index (χ0) is 48.3. The molecule has 0 aliphatic heterocycles. The maximum absolute atomic E-state index is 13.6. The SMILES string of the molecule is CN(C)CCNC(=O)COc1c2cccc1Cc1cccc(c1OCC(=O)NCCN(C)C)Cc1cccc(c1OC(=O)NCCN(C)C)Cc1cccc(c1OCC(=O)NCCN(C)C)C2. The number of para-hydroxylation sites is 4. The number of rotatable bonds is 22. The summed E-state index contributed by atoms with van der Waals surface area (Å²) in [6.07, 6.45) is 0.622. The summed E-state index contributed by atoms with van der Waals surface area (Å²) >= 11 is 0. The standard InChI is InChI=1S/C51H70N8O8/c1-56(2)25-21-52-44(60)33-64-47-36-13-9-14-37(47)30-39-16-11-18-41(49(39)66-35-46(62)54-23-27-58(5)6)32-43-20-12-19-42(50(43)67-51(63)55-24-28-59(7)8)31-40-17-10-15-38(29-36)48(40)65-34-45(61)53-22-26-57(3)4/h9-20H,21-35H2,1-8H3,(H,52,60)(H,53,61)(H,54,62)(H,55,63). The van der Waals surface area contributed by atoms with Crippen LogP contribution >= 0.6 is 0 Å². The van der Waals surface area contributed by atoms with E-state index >= 15 is 0 Å². The van der Waals surface area contributed by atoms with Gasteiger partial charge in [0.2, 0.25) is 0 Å². The molecule has 0 heterocycles. The number of fused-ring (bicyclic) bond motifs is 8. The molecule has 0 saturated heterocycles. The second kappa shape index (κ2) is 26.2. The van der Waals surface area contributed by atoms with Gasteiger partial charge in [-0.15, -0.1) is 0 Å². The molecule has 0 unspecified atom stereocenters. The second-order valence-electron chi connectivity index (χ2n) is 17.8. The third-order valence-corrected chi connectivity index (χ3v) is 10.9. The first-order chi connectivity index (χ1) is 32.2. The van der Waals surface area contributed by atoms with Crippen molar-refractivity contribution in [1.82, 2.24) is 40.9 Å². The minimum Gasteiger partial charge on any atom is -0.483 e. The van der Waals surface area contributed by atoms with E-state index in [9.17, 15) is 19.2 Å². The number of benzene rings is 4. The molecule has 4 aromatic carbocycles. The number of ether oxygens (including phenoxy) is 4. The minimum absolute atomic E-state index is 0.218. The molecule has 8 bridgehead atoms. The molecule has 1 aliphatic rings. The summed E-state index contributed by atoms with van der Waals surface area (Å²) in [5, 5.41) is 11.7. The molecule has 0 atom stereocenters. The summed E-state index contributed by atoms with van der Waals surface area (Å²) in [6, 6.07) is 23.4. The van der Waals surface area contributed by atoms with Crippen LogP contribution in [0.5, 0.6) is 23.0 Å². The lowest BCUT2D eigenvalue weighted by atomic mass is 9.91. The summed E-state index contributed by atoms with van der Waals surface area (Å²) in [6.45, 7) is 3.74. The Morgan fingerprint density at radius 2 is 0.627 bits per heavy atom. The Labute approximate surface area is 396 Å². The maximum atomic E-state index is 13.6. The van der Waals surface area contributed by atoms with E-state index in [2.05, 4.69) is 21.3 Å². The van der Waals surface area contributed by atoms with Crippen LogP contribution in [0.4, 0.5) is 4.79 Å². The monoisotopic (exact) mass is 923 g/mol. The lowest BCUT2D eigenvalue weighted by Gasteiger charge is -2.22. The van der Waals surface area contributed by atoms with Gasteiger partial charge in [0.25, 0.3) is 17.7 Å². The van der Waals surface area contributed by atoms with E-state index in [1.807, 2.05) is 149 Å². The van der Waals surface area contributed by atoms with Gasteiger partial charge in [0.15, 0.2) is 19.8 Å². The van der Waals surface area contributed by atoms with E-state index < -0.39 is 6.09 Å². The number of likely N-dealkylation sites (N-methyl/N-ethyl adjacent to an activating group) is 4. The quantitative estimate of drug-likeness (QED) is 0.0803. The summed E-state index contributed by atoms with van der Waals surface area (Å²) < 4.78 is 25.7. The number of carbonyl (C=O) groups is 4. The van der Waals surface area contributed by atoms with Gasteiger partial charge in [-0.25, -0.2) is 4.79 Å². The molecular formula is C51H70N8O8. The molecule has 0 radical (unpaired) electrons. The maximum Gasteiger partial charge on any atom is 0.412 e. The van der Waals surface area contributed by atoms with E-state index in [0.717, 1.165) is 44.5 Å². The van der Waals surface area contributed by atoms with Gasteiger partial charge >= 0.3 is 6.09 Å². The third kappa shape index (κ3) is 16.9. The molecule has 67 heavy (non-hydrogen) atoms. The number of nitrogens with one attached hydrogen (secondary N) is 4. The first-order valence-electron chi connectivity index (χ1n) is 22.8. The largest absolute Gasteiger partial charge is 0.483 e. The number of hydrogen-bond donors (Lipinski definition) is 4. The van der Waals surface area contributed by atoms with Crippen molar-refractivity contribution in [1.29, 1.82) is 0 Å². The predicted molar refractivity (Wildman–Crippen MR) is 261 cm³/mol. The fourth-order valence-electron chi connectivity index (χ4n) is 7.51.